The normalized spacial score (nSPS) is 18.5. The molecule has 1 aromatic rings. The third-order valence-corrected chi connectivity index (χ3v) is 3.05. The van der Waals surface area contributed by atoms with Crippen LogP contribution in [0, 0.1) is 6.92 Å². The number of nitrogens with two attached hydrogens (primary N) is 1. The monoisotopic (exact) mass is 221 g/mol. The van der Waals surface area contributed by atoms with Crippen LogP contribution < -0.4 is 10.5 Å². The Balaban J connectivity index is 2.39. The molecule has 1 heterocycles. The Morgan fingerprint density at radius 2 is 2.19 bits per heavy atom. The number of benzene rings is 1. The maximum Gasteiger partial charge on any atom is 0.125 e. The minimum Gasteiger partial charge on any atom is -0.493 e. The lowest BCUT2D eigenvalue weighted by Gasteiger charge is -2.23. The van der Waals surface area contributed by atoms with E-state index < -0.39 is 6.10 Å². The summed E-state index contributed by atoms with van der Waals surface area (Å²) in [5, 5.41) is 9.96. The van der Waals surface area contributed by atoms with Gasteiger partial charge in [0, 0.05) is 6.04 Å². The van der Waals surface area contributed by atoms with Crippen molar-refractivity contribution in [2.75, 3.05) is 6.61 Å². The lowest BCUT2D eigenvalue weighted by atomic mass is 9.95. The molecule has 2 rings (SSSR count). The average Bonchev–Trinajstić information content (AvgIpc) is 2.28. The molecule has 2 atom stereocenters. The van der Waals surface area contributed by atoms with Crippen LogP contribution in [-0.4, -0.2) is 17.8 Å². The van der Waals surface area contributed by atoms with E-state index in [4.69, 9.17) is 10.5 Å². The van der Waals surface area contributed by atoms with Crippen LogP contribution >= 0.6 is 0 Å². The van der Waals surface area contributed by atoms with Gasteiger partial charge >= 0.3 is 0 Å². The number of aliphatic hydroxyl groups excluding tert-OH is 1. The predicted octanol–water partition coefficient (Wildman–Crippen LogP) is 1.70. The standard InChI is InChI=1S/C13H19NO2/c1-8-6-11(12(15)9(2)14)7-10-4-3-5-16-13(8)10/h6-7,9,12,15H,3-5,14H2,1-2H3. The van der Waals surface area contributed by atoms with E-state index in [1.807, 2.05) is 26.0 Å². The van der Waals surface area contributed by atoms with Gasteiger partial charge in [0.15, 0.2) is 0 Å². The van der Waals surface area contributed by atoms with E-state index in [1.54, 1.807) is 0 Å². The first kappa shape index (κ1) is 11.4. The van der Waals surface area contributed by atoms with Crippen LogP contribution in [0.1, 0.15) is 36.1 Å². The summed E-state index contributed by atoms with van der Waals surface area (Å²) in [5.41, 5.74) is 8.90. The Hall–Kier alpha value is -1.06. The van der Waals surface area contributed by atoms with Crippen LogP contribution in [0.4, 0.5) is 0 Å². The molecule has 0 spiro atoms. The quantitative estimate of drug-likeness (QED) is 0.799. The summed E-state index contributed by atoms with van der Waals surface area (Å²) in [6.45, 7) is 4.63. The van der Waals surface area contributed by atoms with E-state index in [9.17, 15) is 5.11 Å². The van der Waals surface area contributed by atoms with Gasteiger partial charge in [-0.15, -0.1) is 0 Å². The van der Waals surface area contributed by atoms with Crippen LogP contribution in [0.2, 0.25) is 0 Å². The molecule has 88 valence electrons. The molecule has 1 aliphatic rings. The number of fused-ring (bicyclic) bond motifs is 1. The summed E-state index contributed by atoms with van der Waals surface area (Å²) in [7, 11) is 0. The molecular weight excluding hydrogens is 202 g/mol. The Kier molecular flexibility index (Phi) is 3.17. The van der Waals surface area contributed by atoms with E-state index in [0.29, 0.717) is 0 Å². The molecule has 0 aliphatic carbocycles. The van der Waals surface area contributed by atoms with Gasteiger partial charge in [-0.05, 0) is 55.5 Å². The highest BCUT2D eigenvalue weighted by molar-refractivity contribution is 5.45. The van der Waals surface area contributed by atoms with Crippen molar-refractivity contribution in [1.82, 2.24) is 0 Å². The Morgan fingerprint density at radius 3 is 2.88 bits per heavy atom. The topological polar surface area (TPSA) is 55.5 Å². The fourth-order valence-corrected chi connectivity index (χ4v) is 2.18. The molecule has 2 unspecified atom stereocenters. The molecule has 0 aromatic heterocycles. The highest BCUT2D eigenvalue weighted by Gasteiger charge is 2.18. The summed E-state index contributed by atoms with van der Waals surface area (Å²) < 4.78 is 5.64. The second-order valence-corrected chi connectivity index (χ2v) is 4.58. The maximum atomic E-state index is 9.96. The molecule has 0 saturated heterocycles. The first-order chi connectivity index (χ1) is 7.59. The minimum atomic E-state index is -0.592. The smallest absolute Gasteiger partial charge is 0.125 e. The van der Waals surface area contributed by atoms with E-state index in [-0.39, 0.29) is 6.04 Å². The second kappa shape index (κ2) is 4.44. The summed E-state index contributed by atoms with van der Waals surface area (Å²) in [6, 6.07) is 3.75. The van der Waals surface area contributed by atoms with Crippen LogP contribution in [0.5, 0.6) is 5.75 Å². The third kappa shape index (κ3) is 2.06. The van der Waals surface area contributed by atoms with E-state index in [2.05, 4.69) is 0 Å². The van der Waals surface area contributed by atoms with E-state index in [1.165, 1.54) is 5.56 Å². The van der Waals surface area contributed by atoms with Gasteiger partial charge in [-0.1, -0.05) is 0 Å². The van der Waals surface area contributed by atoms with E-state index in [0.717, 1.165) is 36.3 Å². The fourth-order valence-electron chi connectivity index (χ4n) is 2.18. The third-order valence-electron chi connectivity index (χ3n) is 3.05. The van der Waals surface area contributed by atoms with Crippen molar-refractivity contribution in [3.05, 3.63) is 28.8 Å². The first-order valence-corrected chi connectivity index (χ1v) is 5.79. The molecule has 0 radical (unpaired) electrons. The number of hydrogen-bond acceptors (Lipinski definition) is 3. The van der Waals surface area contributed by atoms with Gasteiger partial charge < -0.3 is 15.6 Å². The molecule has 0 fully saturated rings. The minimum absolute atomic E-state index is 0.248. The highest BCUT2D eigenvalue weighted by Crippen LogP contribution is 2.32. The molecule has 16 heavy (non-hydrogen) atoms. The van der Waals surface area contributed by atoms with Gasteiger partial charge in [-0.3, -0.25) is 0 Å². The van der Waals surface area contributed by atoms with Crippen molar-refractivity contribution in [1.29, 1.82) is 0 Å². The van der Waals surface area contributed by atoms with Crippen LogP contribution in [0.25, 0.3) is 0 Å². The SMILES string of the molecule is Cc1cc(C(O)C(C)N)cc2c1OCCC2. The zero-order valence-electron chi connectivity index (χ0n) is 9.86. The summed E-state index contributed by atoms with van der Waals surface area (Å²) in [4.78, 5) is 0. The van der Waals surface area contributed by atoms with Crippen molar-refractivity contribution < 1.29 is 9.84 Å². The van der Waals surface area contributed by atoms with E-state index >= 15 is 0 Å². The van der Waals surface area contributed by atoms with Crippen molar-refractivity contribution in [2.45, 2.75) is 38.8 Å². The number of hydrogen-bond donors (Lipinski definition) is 2. The lowest BCUT2D eigenvalue weighted by molar-refractivity contribution is 0.153. The summed E-state index contributed by atoms with van der Waals surface area (Å²) in [5.74, 6) is 0.992. The van der Waals surface area contributed by atoms with Crippen LogP contribution in [0.15, 0.2) is 12.1 Å². The van der Waals surface area contributed by atoms with Crippen molar-refractivity contribution in [3.8, 4) is 5.75 Å². The van der Waals surface area contributed by atoms with Crippen LogP contribution in [0.3, 0.4) is 0 Å². The number of ether oxygens (including phenoxy) is 1. The molecule has 0 bridgehead atoms. The Labute approximate surface area is 96.2 Å². The molecule has 1 aliphatic heterocycles. The fraction of sp³-hybridized carbons (Fsp3) is 0.538. The molecule has 3 heteroatoms. The first-order valence-electron chi connectivity index (χ1n) is 5.79. The predicted molar refractivity (Wildman–Crippen MR) is 63.6 cm³/mol. The highest BCUT2D eigenvalue weighted by atomic mass is 16.5. The van der Waals surface area contributed by atoms with Crippen LogP contribution in [-0.2, 0) is 6.42 Å². The average molecular weight is 221 g/mol. The number of rotatable bonds is 2. The molecule has 1 aromatic carbocycles. The molecule has 3 N–H and O–H groups in total. The van der Waals surface area contributed by atoms with Crippen molar-refractivity contribution in [2.24, 2.45) is 5.73 Å². The van der Waals surface area contributed by atoms with Gasteiger partial charge in [0.2, 0.25) is 0 Å². The maximum absolute atomic E-state index is 9.96. The summed E-state index contributed by atoms with van der Waals surface area (Å²) in [6.07, 6.45) is 1.48. The molecular formula is C13H19NO2. The molecule has 3 nitrogen and oxygen atoms in total. The van der Waals surface area contributed by atoms with Gasteiger partial charge in [0.05, 0.1) is 12.7 Å². The van der Waals surface area contributed by atoms with Gasteiger partial charge in [0.1, 0.15) is 5.75 Å². The van der Waals surface area contributed by atoms with Gasteiger partial charge in [-0.2, -0.15) is 0 Å². The van der Waals surface area contributed by atoms with Crippen molar-refractivity contribution >= 4 is 0 Å². The molecule has 0 amide bonds. The van der Waals surface area contributed by atoms with Gasteiger partial charge in [0.25, 0.3) is 0 Å². The summed E-state index contributed by atoms with van der Waals surface area (Å²) >= 11 is 0. The second-order valence-electron chi connectivity index (χ2n) is 4.58. The zero-order chi connectivity index (χ0) is 11.7. The molecule has 0 saturated carbocycles. The Bertz CT molecular complexity index is 388. The number of aliphatic hydroxyl groups is 1. The lowest BCUT2D eigenvalue weighted by Crippen LogP contribution is -2.24. The van der Waals surface area contributed by atoms with Gasteiger partial charge in [-0.25, -0.2) is 0 Å². The Morgan fingerprint density at radius 1 is 1.44 bits per heavy atom. The zero-order valence-corrected chi connectivity index (χ0v) is 9.86. The number of aryl methyl sites for hydroxylation is 2. The largest absolute Gasteiger partial charge is 0.493 e. The van der Waals surface area contributed by atoms with Crippen molar-refractivity contribution in [3.63, 3.8) is 0 Å².